The first-order chi connectivity index (χ1) is 10.9. The van der Waals surface area contributed by atoms with Crippen LogP contribution in [0.15, 0.2) is 38.4 Å². The normalized spacial score (nSPS) is 21.0. The Morgan fingerprint density at radius 1 is 1.27 bits per heavy atom. The predicted molar refractivity (Wildman–Crippen MR) is 99.8 cm³/mol. The molecule has 0 atom stereocenters. The number of allylic oxidation sites excluding steroid dienone is 1. The molecule has 3 aliphatic rings. The lowest BCUT2D eigenvalue weighted by atomic mass is 10.0. The van der Waals surface area contributed by atoms with Crippen LogP contribution in [0.5, 0.6) is 0 Å². The van der Waals surface area contributed by atoms with Crippen molar-refractivity contribution in [1.82, 2.24) is 4.90 Å². The van der Waals surface area contributed by atoms with Gasteiger partial charge in [0.05, 0.1) is 12.2 Å². The van der Waals surface area contributed by atoms with Crippen LogP contribution in [-0.2, 0) is 0 Å². The van der Waals surface area contributed by atoms with Gasteiger partial charge in [0.2, 0.25) is 0 Å². The van der Waals surface area contributed by atoms with Crippen molar-refractivity contribution in [1.29, 1.82) is 0 Å². The second kappa shape index (κ2) is 5.05. The Hall–Kier alpha value is -0.910. The molecule has 1 aliphatic carbocycles. The first-order valence-corrected chi connectivity index (χ1v) is 10.6. The standard InChI is InChI=1S/C17H16N2S3/c1-20-13-5-4-11(12-6-9-21-16(12)13)14-15(10-2-3-10)22-17-18-7-8-19(14)17/h4-6,9-10H,2-3,7-8H2,1H3. The van der Waals surface area contributed by atoms with Gasteiger partial charge in [0.15, 0.2) is 5.17 Å². The van der Waals surface area contributed by atoms with Crippen molar-refractivity contribution in [3.05, 3.63) is 34.0 Å². The molecule has 1 saturated carbocycles. The van der Waals surface area contributed by atoms with Crippen molar-refractivity contribution in [3.8, 4) is 0 Å². The average molecular weight is 345 g/mol. The fourth-order valence-corrected chi connectivity index (χ4v) is 6.39. The van der Waals surface area contributed by atoms with Crippen molar-refractivity contribution in [3.63, 3.8) is 0 Å². The molecule has 0 amide bonds. The van der Waals surface area contributed by atoms with E-state index in [9.17, 15) is 0 Å². The van der Waals surface area contributed by atoms with Gasteiger partial charge in [-0.1, -0.05) is 17.8 Å². The van der Waals surface area contributed by atoms with Crippen LogP contribution in [0.1, 0.15) is 18.4 Å². The fraction of sp³-hybridized carbons (Fsp3) is 0.353. The molecule has 5 heteroatoms. The molecule has 0 unspecified atom stereocenters. The smallest absolute Gasteiger partial charge is 0.168 e. The number of aliphatic imine (C=N–C) groups is 1. The van der Waals surface area contributed by atoms with Gasteiger partial charge in [0.25, 0.3) is 0 Å². The molecular weight excluding hydrogens is 328 g/mol. The zero-order valence-corrected chi connectivity index (χ0v) is 14.8. The maximum atomic E-state index is 4.70. The number of rotatable bonds is 3. The number of hydrogen-bond acceptors (Lipinski definition) is 5. The average Bonchev–Trinajstić information content (AvgIpc) is 2.97. The summed E-state index contributed by atoms with van der Waals surface area (Å²) in [6, 6.07) is 6.93. The Morgan fingerprint density at radius 3 is 3.00 bits per heavy atom. The lowest BCUT2D eigenvalue weighted by Crippen LogP contribution is -2.20. The summed E-state index contributed by atoms with van der Waals surface area (Å²) >= 11 is 5.64. The van der Waals surface area contributed by atoms with Gasteiger partial charge in [-0.3, -0.25) is 4.99 Å². The zero-order valence-electron chi connectivity index (χ0n) is 12.3. The van der Waals surface area contributed by atoms with Gasteiger partial charge in [-0.25, -0.2) is 0 Å². The molecule has 5 rings (SSSR count). The number of fused-ring (bicyclic) bond motifs is 2. The lowest BCUT2D eigenvalue weighted by Gasteiger charge is -2.19. The second-order valence-electron chi connectivity index (χ2n) is 5.88. The van der Waals surface area contributed by atoms with E-state index >= 15 is 0 Å². The molecule has 2 aliphatic heterocycles. The summed E-state index contributed by atoms with van der Waals surface area (Å²) in [6.45, 7) is 1.99. The third-order valence-corrected chi connectivity index (χ3v) is 7.65. The first kappa shape index (κ1) is 13.5. The molecule has 0 N–H and O–H groups in total. The highest BCUT2D eigenvalue weighted by molar-refractivity contribution is 8.17. The number of nitrogens with zero attached hydrogens (tertiary/aromatic N) is 2. The van der Waals surface area contributed by atoms with E-state index in [-0.39, 0.29) is 0 Å². The number of hydrogen-bond donors (Lipinski definition) is 0. The van der Waals surface area contributed by atoms with Crippen LogP contribution >= 0.6 is 34.9 Å². The molecule has 1 fully saturated rings. The van der Waals surface area contributed by atoms with Gasteiger partial charge >= 0.3 is 0 Å². The number of amidine groups is 1. The van der Waals surface area contributed by atoms with Crippen molar-refractivity contribution in [2.45, 2.75) is 17.7 Å². The highest BCUT2D eigenvalue weighted by Crippen LogP contribution is 2.53. The predicted octanol–water partition coefficient (Wildman–Crippen LogP) is 5.12. The van der Waals surface area contributed by atoms with Gasteiger partial charge in [0, 0.05) is 32.0 Å². The molecule has 1 aromatic heterocycles. The topological polar surface area (TPSA) is 15.6 Å². The summed E-state index contributed by atoms with van der Waals surface area (Å²) in [5.74, 6) is 0.780. The molecular formula is C17H16N2S3. The monoisotopic (exact) mass is 344 g/mol. The minimum Gasteiger partial charge on any atom is -0.318 e. The van der Waals surface area contributed by atoms with Gasteiger partial charge in [0.1, 0.15) is 0 Å². The maximum absolute atomic E-state index is 4.70. The van der Waals surface area contributed by atoms with Crippen LogP contribution in [0, 0.1) is 5.92 Å². The Bertz CT molecular complexity index is 830. The second-order valence-corrected chi connectivity index (χ2v) is 8.66. The Balaban J connectivity index is 1.74. The molecule has 22 heavy (non-hydrogen) atoms. The van der Waals surface area contributed by atoms with Crippen LogP contribution in [-0.4, -0.2) is 29.4 Å². The van der Waals surface area contributed by atoms with Crippen LogP contribution in [0.4, 0.5) is 0 Å². The van der Waals surface area contributed by atoms with Gasteiger partial charge < -0.3 is 4.90 Å². The molecule has 112 valence electrons. The minimum absolute atomic E-state index is 0.780. The van der Waals surface area contributed by atoms with Gasteiger partial charge in [-0.05, 0) is 42.5 Å². The molecule has 3 heterocycles. The highest BCUT2D eigenvalue weighted by atomic mass is 32.2. The summed E-state index contributed by atoms with van der Waals surface area (Å²) in [6.07, 6.45) is 4.87. The van der Waals surface area contributed by atoms with E-state index in [1.54, 1.807) is 4.91 Å². The van der Waals surface area contributed by atoms with Crippen LogP contribution in [0.25, 0.3) is 15.8 Å². The van der Waals surface area contributed by atoms with Gasteiger partial charge in [-0.2, -0.15) is 0 Å². The molecule has 1 aromatic carbocycles. The molecule has 0 bridgehead atoms. The zero-order chi connectivity index (χ0) is 14.7. The maximum Gasteiger partial charge on any atom is 0.168 e. The number of thiophene rings is 1. The van der Waals surface area contributed by atoms with Crippen LogP contribution < -0.4 is 0 Å². The molecule has 0 saturated heterocycles. The van der Waals surface area contributed by atoms with E-state index in [1.807, 2.05) is 34.9 Å². The molecule has 0 radical (unpaired) electrons. The summed E-state index contributed by atoms with van der Waals surface area (Å²) in [5, 5.41) is 4.87. The summed E-state index contributed by atoms with van der Waals surface area (Å²) in [7, 11) is 0. The highest BCUT2D eigenvalue weighted by Gasteiger charge is 2.40. The van der Waals surface area contributed by atoms with E-state index in [4.69, 9.17) is 4.99 Å². The van der Waals surface area contributed by atoms with E-state index in [1.165, 1.54) is 44.3 Å². The summed E-state index contributed by atoms with van der Waals surface area (Å²) in [5.41, 5.74) is 2.87. The van der Waals surface area contributed by atoms with Gasteiger partial charge in [-0.15, -0.1) is 23.1 Å². The Morgan fingerprint density at radius 2 is 2.18 bits per heavy atom. The van der Waals surface area contributed by atoms with Crippen molar-refractivity contribution in [2.24, 2.45) is 10.9 Å². The van der Waals surface area contributed by atoms with Crippen molar-refractivity contribution < 1.29 is 0 Å². The molecule has 0 spiro atoms. The first-order valence-electron chi connectivity index (χ1n) is 7.65. The van der Waals surface area contributed by atoms with E-state index in [2.05, 4.69) is 34.7 Å². The van der Waals surface area contributed by atoms with E-state index in [0.717, 1.165) is 19.0 Å². The third kappa shape index (κ3) is 1.92. The van der Waals surface area contributed by atoms with E-state index in [0.29, 0.717) is 0 Å². The largest absolute Gasteiger partial charge is 0.318 e. The fourth-order valence-electron chi connectivity index (χ4n) is 3.31. The molecule has 2 aromatic rings. The van der Waals surface area contributed by atoms with Crippen molar-refractivity contribution in [2.75, 3.05) is 19.3 Å². The quantitative estimate of drug-likeness (QED) is 0.719. The lowest BCUT2D eigenvalue weighted by molar-refractivity contribution is 0.646. The third-order valence-electron chi connectivity index (χ3n) is 4.51. The SMILES string of the molecule is CSc1ccc(C2=C(C3CC3)SC3=NCCN32)c2ccsc12. The van der Waals surface area contributed by atoms with Crippen molar-refractivity contribution >= 4 is 55.8 Å². The number of benzene rings is 1. The van der Waals surface area contributed by atoms with Crippen LogP contribution in [0.2, 0.25) is 0 Å². The molecule has 2 nitrogen and oxygen atoms in total. The summed E-state index contributed by atoms with van der Waals surface area (Å²) < 4.78 is 1.43. The van der Waals surface area contributed by atoms with Crippen LogP contribution in [0.3, 0.4) is 0 Å². The van der Waals surface area contributed by atoms with E-state index < -0.39 is 0 Å². The minimum atomic E-state index is 0.780. The summed E-state index contributed by atoms with van der Waals surface area (Å²) in [4.78, 5) is 10.1. The number of thioether (sulfide) groups is 2. The Kier molecular flexibility index (Phi) is 3.10. The Labute approximate surface area is 142 Å².